The largest absolute Gasteiger partial charge is 0.519 e. The number of aromatic amines is 1. The number of esters is 1. The zero-order valence-electron chi connectivity index (χ0n) is 25.6. The molecule has 0 aliphatic rings. The van der Waals surface area contributed by atoms with Crippen LogP contribution in [0.15, 0.2) is 62.2 Å². The van der Waals surface area contributed by atoms with Gasteiger partial charge < -0.3 is 18.1 Å². The number of unbranched alkanes of at least 4 members (excludes halogenated alkanes) is 3. The monoisotopic (exact) mass is 666 g/mol. The molecule has 0 fully saturated rings. The average molecular weight is 667 g/mol. The van der Waals surface area contributed by atoms with E-state index in [0.717, 1.165) is 35.1 Å². The Balaban J connectivity index is 1.30. The Labute approximate surface area is 273 Å². The molecule has 0 aliphatic carbocycles. The van der Waals surface area contributed by atoms with E-state index in [0.29, 0.717) is 50.3 Å². The molecule has 0 saturated carbocycles. The van der Waals surface area contributed by atoms with Gasteiger partial charge in [0.15, 0.2) is 35.6 Å². The summed E-state index contributed by atoms with van der Waals surface area (Å²) in [5, 5.41) is 22.3. The number of H-pyrrole nitrogens is 1. The number of ether oxygens (including phenoxy) is 1. The summed E-state index contributed by atoms with van der Waals surface area (Å²) in [4.78, 5) is 44.6. The number of hydrogen-bond acceptors (Lipinski definition) is 11. The summed E-state index contributed by atoms with van der Waals surface area (Å²) < 4.78 is 17.6. The van der Waals surface area contributed by atoms with Crippen molar-refractivity contribution in [1.82, 2.24) is 30.2 Å². The molecule has 16 heteroatoms. The molecule has 0 atom stereocenters. The number of carbonyl (C=O) groups is 1. The van der Waals surface area contributed by atoms with E-state index in [2.05, 4.69) is 37.4 Å². The molecule has 0 saturated heterocycles. The standard InChI is InChI=1S/C31H33ClN7O8/c1-2-3-12-26-33-28(32)27(30(40)44-19-25-24(46-31(41)47-25)11-5-4-8-17-45-39(42)43)38(26)18-20-13-15-21(16-14-20)22-9-6-7-10-23(22)29-34-36-37-35-29/h6-7,9-10,13-16H,2-5,8,11-12,17-19H2,1H3,(H,42,43)(H,34,35,36,37)/q+1. The van der Waals surface area contributed by atoms with E-state index in [9.17, 15) is 14.5 Å². The minimum atomic E-state index is -0.912. The molecule has 5 aromatic rings. The first kappa shape index (κ1) is 33.1. The zero-order valence-corrected chi connectivity index (χ0v) is 26.3. The molecule has 0 spiro atoms. The van der Waals surface area contributed by atoms with Crippen molar-refractivity contribution in [3.8, 4) is 22.5 Å². The quantitative estimate of drug-likeness (QED) is 0.0721. The van der Waals surface area contributed by atoms with Crippen molar-refractivity contribution in [2.45, 2.75) is 65.0 Å². The van der Waals surface area contributed by atoms with Gasteiger partial charge in [-0.1, -0.05) is 73.5 Å². The van der Waals surface area contributed by atoms with Gasteiger partial charge in [0.05, 0.1) is 0 Å². The van der Waals surface area contributed by atoms with E-state index in [1.54, 1.807) is 4.57 Å². The van der Waals surface area contributed by atoms with Gasteiger partial charge in [0.2, 0.25) is 5.82 Å². The third-order valence-corrected chi connectivity index (χ3v) is 7.64. The Morgan fingerprint density at radius 2 is 1.79 bits per heavy atom. The van der Waals surface area contributed by atoms with Gasteiger partial charge in [0, 0.05) is 24.9 Å². The number of benzene rings is 2. The van der Waals surface area contributed by atoms with Crippen LogP contribution in [0.25, 0.3) is 22.5 Å². The second-order valence-electron chi connectivity index (χ2n) is 10.6. The molecule has 0 aliphatic heterocycles. The molecule has 3 aromatic heterocycles. The summed E-state index contributed by atoms with van der Waals surface area (Å²) in [6.07, 6.45) is 4.38. The van der Waals surface area contributed by atoms with E-state index in [4.69, 9.17) is 30.4 Å². The molecular weight excluding hydrogens is 634 g/mol. The molecule has 0 radical (unpaired) electrons. The number of aromatic nitrogens is 6. The summed E-state index contributed by atoms with van der Waals surface area (Å²) in [6.45, 7) is 2.06. The molecule has 0 amide bonds. The van der Waals surface area contributed by atoms with Crippen LogP contribution in [0.2, 0.25) is 5.15 Å². The number of carbonyl (C=O) groups excluding carboxylic acids is 1. The van der Waals surface area contributed by atoms with Crippen molar-refractivity contribution in [3.05, 3.63) is 97.8 Å². The number of nitrogens with one attached hydrogen (secondary N) is 1. The maximum atomic E-state index is 13.4. The number of nitrogens with zero attached hydrogens (tertiary/aromatic N) is 6. The predicted octanol–water partition coefficient (Wildman–Crippen LogP) is 5.49. The van der Waals surface area contributed by atoms with Gasteiger partial charge in [0.1, 0.15) is 10.7 Å². The number of rotatable bonds is 17. The van der Waals surface area contributed by atoms with E-state index < -0.39 is 16.9 Å². The van der Waals surface area contributed by atoms with Crippen LogP contribution >= 0.6 is 11.6 Å². The van der Waals surface area contributed by atoms with Crippen molar-refractivity contribution in [2.24, 2.45) is 0 Å². The summed E-state index contributed by atoms with van der Waals surface area (Å²) in [5.74, 6) is -0.160. The minimum absolute atomic E-state index is 0.0161. The van der Waals surface area contributed by atoms with Gasteiger partial charge in [-0.15, -0.1) is 10.2 Å². The highest BCUT2D eigenvalue weighted by Crippen LogP contribution is 2.30. The fourth-order valence-electron chi connectivity index (χ4n) is 5.08. The second kappa shape index (κ2) is 15.8. The lowest BCUT2D eigenvalue weighted by Gasteiger charge is -2.13. The van der Waals surface area contributed by atoms with Crippen molar-refractivity contribution in [3.63, 3.8) is 0 Å². The molecule has 3 heterocycles. The third-order valence-electron chi connectivity index (χ3n) is 7.38. The van der Waals surface area contributed by atoms with Crippen LogP contribution in [-0.2, 0) is 35.6 Å². The molecule has 0 bridgehead atoms. The predicted molar refractivity (Wildman–Crippen MR) is 165 cm³/mol. The van der Waals surface area contributed by atoms with Crippen molar-refractivity contribution in [2.75, 3.05) is 6.61 Å². The van der Waals surface area contributed by atoms with Crippen molar-refractivity contribution in [1.29, 1.82) is 0 Å². The van der Waals surface area contributed by atoms with Crippen molar-refractivity contribution >= 4 is 17.6 Å². The van der Waals surface area contributed by atoms with Crippen LogP contribution in [0.4, 0.5) is 0 Å². The zero-order chi connectivity index (χ0) is 33.2. The molecule has 246 valence electrons. The third kappa shape index (κ3) is 8.49. The van der Waals surface area contributed by atoms with Gasteiger partial charge in [0.25, 0.3) is 0 Å². The fourth-order valence-corrected chi connectivity index (χ4v) is 5.36. The number of tetrazole rings is 1. The van der Waals surface area contributed by atoms with Gasteiger partial charge in [-0.25, -0.2) is 19.8 Å². The van der Waals surface area contributed by atoms with Crippen LogP contribution in [0.1, 0.15) is 72.4 Å². The summed E-state index contributed by atoms with van der Waals surface area (Å²) >= 11 is 6.52. The molecule has 47 heavy (non-hydrogen) atoms. The highest BCUT2D eigenvalue weighted by Gasteiger charge is 2.25. The molecule has 5 rings (SSSR count). The van der Waals surface area contributed by atoms with Gasteiger partial charge in [-0.05, 0) is 47.6 Å². The van der Waals surface area contributed by atoms with Gasteiger partial charge >= 0.3 is 16.9 Å². The lowest BCUT2D eigenvalue weighted by atomic mass is 9.98. The second-order valence-corrected chi connectivity index (χ2v) is 11.0. The number of imidazole rings is 1. The first-order valence-corrected chi connectivity index (χ1v) is 15.5. The topological polar surface area (TPSA) is 191 Å². The van der Waals surface area contributed by atoms with Gasteiger partial charge in [-0.2, -0.15) is 10.1 Å². The molecule has 0 unspecified atom stereocenters. The lowest BCUT2D eigenvalue weighted by molar-refractivity contribution is -0.975. The van der Waals surface area contributed by atoms with Crippen LogP contribution in [0, 0.1) is 4.91 Å². The normalized spacial score (nSPS) is 11.1. The number of hydrogen-bond donors (Lipinski definition) is 2. The van der Waals surface area contributed by atoms with Gasteiger partial charge in [-0.3, -0.25) is 0 Å². The van der Waals surface area contributed by atoms with E-state index in [-0.39, 0.29) is 35.6 Å². The van der Waals surface area contributed by atoms with Crippen LogP contribution in [0.3, 0.4) is 0 Å². The van der Waals surface area contributed by atoms with E-state index >= 15 is 0 Å². The number of aryl methyl sites for hydroxylation is 2. The van der Waals surface area contributed by atoms with E-state index in [1.807, 2.05) is 48.5 Å². The highest BCUT2D eigenvalue weighted by atomic mass is 35.5. The van der Waals surface area contributed by atoms with E-state index in [1.165, 1.54) is 0 Å². The van der Waals surface area contributed by atoms with Crippen molar-refractivity contribution < 1.29 is 33.5 Å². The Hall–Kier alpha value is -5.31. The first-order chi connectivity index (χ1) is 22.8. The fraction of sp³-hybridized carbons (Fsp3) is 0.355. The molecule has 2 aromatic carbocycles. The Morgan fingerprint density at radius 1 is 1.02 bits per heavy atom. The SMILES string of the molecule is CCCCc1nc(Cl)c(C(=O)OCc2oc(=O)oc2CCCCCO[N+](=O)O)n1Cc1ccc(-c2ccccc2-c2nn[nH]n2)cc1. The summed E-state index contributed by atoms with van der Waals surface area (Å²) in [5.41, 5.74) is 3.72. The summed E-state index contributed by atoms with van der Waals surface area (Å²) in [7, 11) is 0. The maximum absolute atomic E-state index is 13.4. The Kier molecular flexibility index (Phi) is 11.1. The maximum Gasteiger partial charge on any atom is 0.519 e. The Bertz CT molecular complexity index is 1850. The number of halogens is 1. The highest BCUT2D eigenvalue weighted by molar-refractivity contribution is 6.32. The minimum Gasteiger partial charge on any atom is -0.453 e. The molecule has 2 N–H and O–H groups in total. The van der Waals surface area contributed by atoms with Crippen LogP contribution in [-0.4, -0.2) is 53.0 Å². The molecule has 15 nitrogen and oxygen atoms in total. The summed E-state index contributed by atoms with van der Waals surface area (Å²) in [6, 6.07) is 15.7. The average Bonchev–Trinajstić information content (AvgIpc) is 3.80. The molecular formula is C31H33ClN7O8+. The lowest BCUT2D eigenvalue weighted by Crippen LogP contribution is -2.16. The smallest absolute Gasteiger partial charge is 0.453 e. The van der Waals surface area contributed by atoms with Crippen LogP contribution < -0.4 is 5.82 Å². The first-order valence-electron chi connectivity index (χ1n) is 15.1. The van der Waals surface area contributed by atoms with Crippen LogP contribution in [0.5, 0.6) is 0 Å². The Morgan fingerprint density at radius 3 is 2.51 bits per heavy atom.